The lowest BCUT2D eigenvalue weighted by molar-refractivity contribution is 0.101. The van der Waals surface area contributed by atoms with E-state index in [1.54, 1.807) is 23.9 Å². The van der Waals surface area contributed by atoms with E-state index in [-0.39, 0.29) is 11.7 Å². The van der Waals surface area contributed by atoms with Gasteiger partial charge >= 0.3 is 0 Å². The highest BCUT2D eigenvalue weighted by atomic mass is 16.6. The van der Waals surface area contributed by atoms with E-state index in [9.17, 15) is 9.59 Å². The van der Waals surface area contributed by atoms with Crippen LogP contribution in [0.25, 0.3) is 10.9 Å². The van der Waals surface area contributed by atoms with Crippen molar-refractivity contribution in [1.29, 1.82) is 0 Å². The maximum atomic E-state index is 12.8. The molecule has 0 unspecified atom stereocenters. The molecule has 0 bridgehead atoms. The van der Waals surface area contributed by atoms with Gasteiger partial charge in [0.2, 0.25) is 0 Å². The zero-order chi connectivity index (χ0) is 18.3. The van der Waals surface area contributed by atoms with E-state index in [4.69, 9.17) is 9.47 Å². The topological polar surface area (TPSA) is 82.5 Å². The van der Waals surface area contributed by atoms with Crippen LogP contribution in [-0.4, -0.2) is 34.7 Å². The van der Waals surface area contributed by atoms with Gasteiger partial charge in [0, 0.05) is 24.1 Å². The number of rotatable bonds is 3. The quantitative estimate of drug-likeness (QED) is 0.734. The number of para-hydroxylation sites is 1. The van der Waals surface area contributed by atoms with E-state index >= 15 is 0 Å². The molecule has 1 amide bonds. The maximum Gasteiger partial charge on any atom is 0.276 e. The summed E-state index contributed by atoms with van der Waals surface area (Å²) in [4.78, 5) is 24.8. The van der Waals surface area contributed by atoms with Crippen molar-refractivity contribution in [2.75, 3.05) is 18.5 Å². The number of amides is 1. The zero-order valence-corrected chi connectivity index (χ0v) is 14.4. The molecule has 2 heterocycles. The van der Waals surface area contributed by atoms with Crippen molar-refractivity contribution in [3.63, 3.8) is 0 Å². The Morgan fingerprint density at radius 2 is 1.81 bits per heavy atom. The number of benzene rings is 2. The van der Waals surface area contributed by atoms with Crippen LogP contribution in [0, 0.1) is 0 Å². The largest absolute Gasteiger partial charge is 0.486 e. The van der Waals surface area contributed by atoms with Crippen LogP contribution < -0.4 is 14.8 Å². The first-order chi connectivity index (χ1) is 12.5. The maximum absolute atomic E-state index is 12.8. The summed E-state index contributed by atoms with van der Waals surface area (Å²) in [6.07, 6.45) is 0. The van der Waals surface area contributed by atoms with E-state index in [0.717, 1.165) is 10.9 Å². The Balaban J connectivity index is 1.74. The van der Waals surface area contributed by atoms with E-state index < -0.39 is 0 Å². The van der Waals surface area contributed by atoms with Crippen molar-refractivity contribution in [3.8, 4) is 11.5 Å². The lowest BCUT2D eigenvalue weighted by Crippen LogP contribution is -2.19. The van der Waals surface area contributed by atoms with Crippen LogP contribution in [-0.2, 0) is 7.05 Å². The lowest BCUT2D eigenvalue weighted by Gasteiger charge is -2.20. The van der Waals surface area contributed by atoms with Crippen molar-refractivity contribution in [1.82, 2.24) is 9.78 Å². The average molecular weight is 351 g/mol. The highest BCUT2D eigenvalue weighted by Crippen LogP contribution is 2.36. The van der Waals surface area contributed by atoms with Crippen LogP contribution in [0.2, 0.25) is 0 Å². The number of hydrogen-bond donors (Lipinski definition) is 1. The van der Waals surface area contributed by atoms with E-state index in [0.29, 0.717) is 41.7 Å². The number of nitrogens with one attached hydrogen (secondary N) is 1. The third-order valence-electron chi connectivity index (χ3n) is 4.28. The Bertz CT molecular complexity index is 1040. The molecule has 3 aromatic rings. The molecule has 0 radical (unpaired) electrons. The monoisotopic (exact) mass is 351 g/mol. The van der Waals surface area contributed by atoms with Crippen molar-refractivity contribution in [3.05, 3.63) is 47.7 Å². The van der Waals surface area contributed by atoms with E-state index in [1.807, 2.05) is 24.3 Å². The number of anilines is 1. The van der Waals surface area contributed by atoms with Crippen LogP contribution >= 0.6 is 0 Å². The molecule has 1 aliphatic heterocycles. The SMILES string of the molecule is CC(=O)c1cc2c(cc1NC(=O)c1nn(C)c3ccccc13)OCCO2. The van der Waals surface area contributed by atoms with Gasteiger partial charge in [-0.2, -0.15) is 5.10 Å². The second-order valence-corrected chi connectivity index (χ2v) is 6.04. The molecule has 0 atom stereocenters. The van der Waals surface area contributed by atoms with Crippen LogP contribution in [0.15, 0.2) is 36.4 Å². The van der Waals surface area contributed by atoms with Gasteiger partial charge in [0.15, 0.2) is 23.0 Å². The molecule has 1 aliphatic rings. The highest BCUT2D eigenvalue weighted by Gasteiger charge is 2.22. The first-order valence-electron chi connectivity index (χ1n) is 8.22. The molecular formula is C19H17N3O4. The molecule has 0 saturated heterocycles. The average Bonchev–Trinajstić information content (AvgIpc) is 2.98. The van der Waals surface area contributed by atoms with Crippen molar-refractivity contribution < 1.29 is 19.1 Å². The number of aromatic nitrogens is 2. The lowest BCUT2D eigenvalue weighted by atomic mass is 10.1. The van der Waals surface area contributed by atoms with Gasteiger partial charge in [-0.1, -0.05) is 18.2 Å². The molecule has 2 aromatic carbocycles. The first kappa shape index (κ1) is 16.1. The number of hydrogen-bond acceptors (Lipinski definition) is 5. The van der Waals surface area contributed by atoms with E-state index in [2.05, 4.69) is 10.4 Å². The van der Waals surface area contributed by atoms with Crippen LogP contribution in [0.4, 0.5) is 5.69 Å². The fraction of sp³-hybridized carbons (Fsp3) is 0.211. The zero-order valence-electron chi connectivity index (χ0n) is 14.4. The summed E-state index contributed by atoms with van der Waals surface area (Å²) in [6, 6.07) is 10.7. The van der Waals surface area contributed by atoms with Crippen LogP contribution in [0.1, 0.15) is 27.8 Å². The third-order valence-corrected chi connectivity index (χ3v) is 4.28. The molecule has 0 aliphatic carbocycles. The Morgan fingerprint density at radius 3 is 2.54 bits per heavy atom. The molecule has 1 aromatic heterocycles. The minimum atomic E-state index is -0.388. The predicted molar refractivity (Wildman–Crippen MR) is 96.1 cm³/mol. The number of carbonyl (C=O) groups excluding carboxylic acids is 2. The number of aryl methyl sites for hydroxylation is 1. The first-order valence-corrected chi connectivity index (χ1v) is 8.22. The highest BCUT2D eigenvalue weighted by molar-refractivity contribution is 6.13. The summed E-state index contributed by atoms with van der Waals surface area (Å²) in [7, 11) is 1.78. The summed E-state index contributed by atoms with van der Waals surface area (Å²) in [6.45, 7) is 2.29. The summed E-state index contributed by atoms with van der Waals surface area (Å²) in [5.74, 6) is 0.439. The molecular weight excluding hydrogens is 334 g/mol. The molecule has 4 rings (SSSR count). The number of Topliss-reactive ketones (excluding diaryl/α,β-unsaturated/α-hetero) is 1. The van der Waals surface area contributed by atoms with Gasteiger partial charge in [-0.15, -0.1) is 0 Å². The Kier molecular flexibility index (Phi) is 3.84. The Labute approximate surface area is 149 Å². The van der Waals surface area contributed by atoms with Crippen molar-refractivity contribution in [2.45, 2.75) is 6.92 Å². The van der Waals surface area contributed by atoms with Crippen molar-refractivity contribution >= 4 is 28.3 Å². The number of nitrogens with zero attached hydrogens (tertiary/aromatic N) is 2. The summed E-state index contributed by atoms with van der Waals surface area (Å²) in [5.41, 5.74) is 1.89. The van der Waals surface area contributed by atoms with E-state index in [1.165, 1.54) is 6.92 Å². The van der Waals surface area contributed by atoms with Gasteiger partial charge in [-0.05, 0) is 19.1 Å². The minimum Gasteiger partial charge on any atom is -0.486 e. The number of ether oxygens (including phenoxy) is 2. The second kappa shape index (κ2) is 6.18. The Hall–Kier alpha value is -3.35. The van der Waals surface area contributed by atoms with Gasteiger partial charge in [-0.3, -0.25) is 14.3 Å². The minimum absolute atomic E-state index is 0.178. The van der Waals surface area contributed by atoms with Crippen LogP contribution in [0.5, 0.6) is 11.5 Å². The number of ketones is 1. The van der Waals surface area contributed by atoms with Gasteiger partial charge in [-0.25, -0.2) is 0 Å². The van der Waals surface area contributed by atoms with Gasteiger partial charge in [0.1, 0.15) is 13.2 Å². The summed E-state index contributed by atoms with van der Waals surface area (Å²) in [5, 5.41) is 7.85. The third kappa shape index (κ3) is 2.67. The Morgan fingerprint density at radius 1 is 1.12 bits per heavy atom. The second-order valence-electron chi connectivity index (χ2n) is 6.04. The molecule has 1 N–H and O–H groups in total. The standard InChI is InChI=1S/C19H17N3O4/c1-11(23)13-9-16-17(26-8-7-25-16)10-14(13)20-19(24)18-12-5-3-4-6-15(12)22(2)21-18/h3-6,9-10H,7-8H2,1-2H3,(H,20,24). The van der Waals surface area contributed by atoms with Gasteiger partial charge < -0.3 is 14.8 Å². The number of carbonyl (C=O) groups is 2. The van der Waals surface area contributed by atoms with Crippen LogP contribution in [0.3, 0.4) is 0 Å². The normalized spacial score (nSPS) is 12.8. The predicted octanol–water partition coefficient (Wildman–Crippen LogP) is 2.80. The molecule has 7 nitrogen and oxygen atoms in total. The number of fused-ring (bicyclic) bond motifs is 2. The van der Waals surface area contributed by atoms with Crippen molar-refractivity contribution in [2.24, 2.45) is 7.05 Å². The fourth-order valence-electron chi connectivity index (χ4n) is 3.05. The van der Waals surface area contributed by atoms with Gasteiger partial charge in [0.25, 0.3) is 5.91 Å². The van der Waals surface area contributed by atoms with Gasteiger partial charge in [0.05, 0.1) is 11.2 Å². The molecule has 7 heteroatoms. The fourth-order valence-corrected chi connectivity index (χ4v) is 3.05. The smallest absolute Gasteiger partial charge is 0.276 e. The molecule has 0 spiro atoms. The summed E-state index contributed by atoms with van der Waals surface area (Å²) >= 11 is 0. The molecule has 26 heavy (non-hydrogen) atoms. The molecule has 0 fully saturated rings. The molecule has 132 valence electrons. The summed E-state index contributed by atoms with van der Waals surface area (Å²) < 4.78 is 12.7. The molecule has 0 saturated carbocycles.